The van der Waals surface area contributed by atoms with Crippen molar-refractivity contribution in [3.8, 4) is 0 Å². The molecule has 22 heavy (non-hydrogen) atoms. The van der Waals surface area contributed by atoms with Crippen LogP contribution >= 0.6 is 0 Å². The van der Waals surface area contributed by atoms with Gasteiger partial charge in [-0.25, -0.2) is 0 Å². The van der Waals surface area contributed by atoms with Crippen LogP contribution in [-0.2, 0) is 0 Å². The number of nitrogens with zero attached hydrogens (tertiary/aromatic N) is 1. The summed E-state index contributed by atoms with van der Waals surface area (Å²) in [6.07, 6.45) is 2.71. The van der Waals surface area contributed by atoms with Gasteiger partial charge < -0.3 is 0 Å². The monoisotopic (exact) mass is 291 g/mol. The zero-order chi connectivity index (χ0) is 15.7. The first kappa shape index (κ1) is 14.3. The van der Waals surface area contributed by atoms with Crippen LogP contribution in [0.15, 0.2) is 65.0 Å². The standard InChI is InChI=1S/C19H17NO2/c1-3-8-13(2)19(22)20-16-11-6-4-9-14(16)18(21)15-10-5-7-12-17(15)20/h4-12H,3H2,1-2H3/b13-8+. The molecule has 110 valence electrons. The molecule has 0 spiro atoms. The lowest BCUT2D eigenvalue weighted by atomic mass is 10.1. The van der Waals surface area contributed by atoms with Crippen molar-refractivity contribution >= 4 is 27.7 Å². The third kappa shape index (κ3) is 2.15. The van der Waals surface area contributed by atoms with E-state index in [0.717, 1.165) is 6.42 Å². The molecule has 0 aliphatic carbocycles. The molecule has 0 aliphatic rings. The lowest BCUT2D eigenvalue weighted by molar-refractivity contribution is 0.0964. The van der Waals surface area contributed by atoms with E-state index in [1.165, 1.54) is 0 Å². The third-order valence-electron chi connectivity index (χ3n) is 3.83. The molecule has 0 unspecified atom stereocenters. The summed E-state index contributed by atoms with van der Waals surface area (Å²) in [7, 11) is 0. The van der Waals surface area contributed by atoms with Crippen LogP contribution in [0.4, 0.5) is 0 Å². The summed E-state index contributed by atoms with van der Waals surface area (Å²) in [6.45, 7) is 3.81. The second kappa shape index (κ2) is 5.60. The van der Waals surface area contributed by atoms with E-state index in [4.69, 9.17) is 0 Å². The van der Waals surface area contributed by atoms with Crippen molar-refractivity contribution < 1.29 is 4.79 Å². The molecule has 2 aromatic carbocycles. The van der Waals surface area contributed by atoms with Gasteiger partial charge in [0.2, 0.25) is 0 Å². The number of pyridine rings is 1. The molecule has 3 heteroatoms. The Kier molecular flexibility index (Phi) is 3.63. The first-order valence-electron chi connectivity index (χ1n) is 7.39. The van der Waals surface area contributed by atoms with Gasteiger partial charge in [-0.2, -0.15) is 0 Å². The third-order valence-corrected chi connectivity index (χ3v) is 3.83. The predicted octanol–water partition coefficient (Wildman–Crippen LogP) is 4.15. The fourth-order valence-corrected chi connectivity index (χ4v) is 2.78. The van der Waals surface area contributed by atoms with E-state index in [9.17, 15) is 9.59 Å². The molecule has 0 bridgehead atoms. The van der Waals surface area contributed by atoms with Gasteiger partial charge in [0.15, 0.2) is 5.43 Å². The first-order valence-corrected chi connectivity index (χ1v) is 7.39. The highest BCUT2D eigenvalue weighted by Gasteiger charge is 2.16. The number of fused-ring (bicyclic) bond motifs is 2. The van der Waals surface area contributed by atoms with E-state index in [0.29, 0.717) is 27.4 Å². The van der Waals surface area contributed by atoms with Gasteiger partial charge in [-0.1, -0.05) is 37.3 Å². The average molecular weight is 291 g/mol. The average Bonchev–Trinajstić information content (AvgIpc) is 2.55. The fourth-order valence-electron chi connectivity index (χ4n) is 2.78. The Morgan fingerprint density at radius 2 is 1.50 bits per heavy atom. The van der Waals surface area contributed by atoms with Gasteiger partial charge in [-0.3, -0.25) is 14.2 Å². The maximum Gasteiger partial charge on any atom is 0.258 e. The number of allylic oxidation sites excluding steroid dienone is 2. The summed E-state index contributed by atoms with van der Waals surface area (Å²) >= 11 is 0. The Morgan fingerprint density at radius 3 is 2.00 bits per heavy atom. The molecule has 3 nitrogen and oxygen atoms in total. The number of hydrogen-bond donors (Lipinski definition) is 0. The van der Waals surface area contributed by atoms with Gasteiger partial charge in [0.1, 0.15) is 0 Å². The summed E-state index contributed by atoms with van der Waals surface area (Å²) in [4.78, 5) is 25.5. The van der Waals surface area contributed by atoms with Gasteiger partial charge in [0, 0.05) is 16.3 Å². The van der Waals surface area contributed by atoms with Crippen LogP contribution in [0, 0.1) is 0 Å². The quantitative estimate of drug-likeness (QED) is 0.525. The Labute approximate surface area is 128 Å². The van der Waals surface area contributed by atoms with Crippen molar-refractivity contribution in [3.05, 3.63) is 70.4 Å². The molecule has 0 amide bonds. The molecule has 3 rings (SSSR count). The van der Waals surface area contributed by atoms with E-state index in [1.54, 1.807) is 16.7 Å². The lowest BCUT2D eigenvalue weighted by Gasteiger charge is -2.14. The van der Waals surface area contributed by atoms with Crippen LogP contribution in [0.3, 0.4) is 0 Å². The topological polar surface area (TPSA) is 39.1 Å². The van der Waals surface area contributed by atoms with Crippen LogP contribution in [0.2, 0.25) is 0 Å². The number of hydrogen-bond acceptors (Lipinski definition) is 2. The number of rotatable bonds is 2. The molecular weight excluding hydrogens is 274 g/mol. The number of aromatic nitrogens is 1. The number of para-hydroxylation sites is 2. The molecular formula is C19H17NO2. The van der Waals surface area contributed by atoms with E-state index in [1.807, 2.05) is 56.3 Å². The summed E-state index contributed by atoms with van der Waals surface area (Å²) in [5.74, 6) is -0.0887. The van der Waals surface area contributed by atoms with Crippen LogP contribution < -0.4 is 5.43 Å². The van der Waals surface area contributed by atoms with Crippen molar-refractivity contribution in [1.29, 1.82) is 0 Å². The van der Waals surface area contributed by atoms with Crippen LogP contribution in [0.25, 0.3) is 21.8 Å². The van der Waals surface area contributed by atoms with Crippen molar-refractivity contribution in [2.45, 2.75) is 20.3 Å². The van der Waals surface area contributed by atoms with Gasteiger partial charge >= 0.3 is 0 Å². The molecule has 0 aliphatic heterocycles. The number of carbonyl (C=O) groups is 1. The second-order valence-corrected chi connectivity index (χ2v) is 5.30. The number of carbonyl (C=O) groups excluding carboxylic acids is 1. The maximum atomic E-state index is 12.9. The van der Waals surface area contributed by atoms with E-state index in [2.05, 4.69) is 0 Å². The van der Waals surface area contributed by atoms with Crippen LogP contribution in [-0.4, -0.2) is 10.5 Å². The summed E-state index contributed by atoms with van der Waals surface area (Å²) < 4.78 is 1.65. The highest BCUT2D eigenvalue weighted by Crippen LogP contribution is 2.20. The van der Waals surface area contributed by atoms with E-state index >= 15 is 0 Å². The maximum absolute atomic E-state index is 12.9. The van der Waals surface area contributed by atoms with Gasteiger partial charge in [0.25, 0.3) is 5.91 Å². The molecule has 0 radical (unpaired) electrons. The largest absolute Gasteiger partial charge is 0.288 e. The Bertz CT molecular complexity index is 904. The van der Waals surface area contributed by atoms with Crippen LogP contribution in [0.5, 0.6) is 0 Å². The molecule has 3 aromatic rings. The summed E-state index contributed by atoms with van der Waals surface area (Å²) in [6, 6.07) is 14.5. The SMILES string of the molecule is CC/C=C(\C)C(=O)n1c2ccccc2c(=O)c2ccccc21. The van der Waals surface area contributed by atoms with Crippen molar-refractivity contribution in [3.63, 3.8) is 0 Å². The molecule has 0 N–H and O–H groups in total. The minimum absolute atomic E-state index is 0.0348. The molecule has 0 saturated heterocycles. The lowest BCUT2D eigenvalue weighted by Crippen LogP contribution is -2.18. The summed E-state index contributed by atoms with van der Waals surface area (Å²) in [5, 5.41) is 1.14. The molecule has 0 atom stereocenters. The number of benzene rings is 2. The van der Waals surface area contributed by atoms with E-state index in [-0.39, 0.29) is 11.3 Å². The molecule has 1 aromatic heterocycles. The Hall–Kier alpha value is -2.68. The minimum atomic E-state index is -0.0887. The van der Waals surface area contributed by atoms with Gasteiger partial charge in [-0.05, 0) is 37.6 Å². The summed E-state index contributed by atoms with van der Waals surface area (Å²) in [5.41, 5.74) is 1.95. The van der Waals surface area contributed by atoms with E-state index < -0.39 is 0 Å². The molecule has 1 heterocycles. The van der Waals surface area contributed by atoms with Gasteiger partial charge in [0.05, 0.1) is 11.0 Å². The first-order chi connectivity index (χ1) is 10.6. The van der Waals surface area contributed by atoms with Crippen molar-refractivity contribution in [2.75, 3.05) is 0 Å². The van der Waals surface area contributed by atoms with Crippen molar-refractivity contribution in [1.82, 2.24) is 4.57 Å². The Balaban J connectivity index is 2.50. The molecule has 0 fully saturated rings. The zero-order valence-electron chi connectivity index (χ0n) is 12.7. The van der Waals surface area contributed by atoms with Crippen molar-refractivity contribution in [2.24, 2.45) is 0 Å². The highest BCUT2D eigenvalue weighted by atomic mass is 16.2. The minimum Gasteiger partial charge on any atom is -0.288 e. The Morgan fingerprint density at radius 1 is 1.00 bits per heavy atom. The van der Waals surface area contributed by atoms with Gasteiger partial charge in [-0.15, -0.1) is 0 Å². The zero-order valence-corrected chi connectivity index (χ0v) is 12.7. The molecule has 0 saturated carbocycles. The highest BCUT2D eigenvalue weighted by molar-refractivity contribution is 6.07. The fraction of sp³-hybridized carbons (Fsp3) is 0.158. The predicted molar refractivity (Wildman–Crippen MR) is 90.4 cm³/mol. The smallest absolute Gasteiger partial charge is 0.258 e. The normalized spacial score (nSPS) is 12.0. The van der Waals surface area contributed by atoms with Crippen LogP contribution in [0.1, 0.15) is 25.1 Å². The second-order valence-electron chi connectivity index (χ2n) is 5.30.